The van der Waals surface area contributed by atoms with Crippen molar-refractivity contribution < 1.29 is 4.74 Å². The minimum atomic E-state index is 0. The van der Waals surface area contributed by atoms with Gasteiger partial charge in [-0.15, -0.1) is 35.3 Å². The molecule has 1 N–H and O–H groups in total. The molecule has 1 aromatic carbocycles. The number of ether oxygens (including phenoxy) is 1. The van der Waals surface area contributed by atoms with Gasteiger partial charge < -0.3 is 15.0 Å². The number of nitrogens with zero attached hydrogens (tertiary/aromatic N) is 3. The molecule has 0 unspecified atom stereocenters. The Hall–Kier alpha value is -1.35. The van der Waals surface area contributed by atoms with Gasteiger partial charge in [0, 0.05) is 43.5 Å². The predicted octanol–water partition coefficient (Wildman–Crippen LogP) is 4.33. The third kappa shape index (κ3) is 6.64. The molecule has 1 saturated heterocycles. The number of hydrogen-bond donors (Lipinski definition) is 1. The van der Waals surface area contributed by atoms with Crippen molar-refractivity contribution in [3.63, 3.8) is 0 Å². The first-order chi connectivity index (χ1) is 12.8. The van der Waals surface area contributed by atoms with Crippen molar-refractivity contribution in [1.29, 1.82) is 0 Å². The van der Waals surface area contributed by atoms with E-state index in [2.05, 4.69) is 29.0 Å². The fraction of sp³-hybridized carbons (Fsp3) is 0.500. The first-order valence-corrected chi connectivity index (χ1v) is 10.3. The standard InChI is InChI=1S/C20H28N4OS.HI/c1-3-18-14-22-19(26-18)15-23-20(21-4-2)24-12-10-17(11-13-24)25-16-8-6-5-7-9-16;/h5-9,14,17H,3-4,10-13,15H2,1-2H3,(H,21,23);1H. The second kappa shape index (κ2) is 11.5. The maximum Gasteiger partial charge on any atom is 0.194 e. The second-order valence-electron chi connectivity index (χ2n) is 6.36. The average molecular weight is 500 g/mol. The van der Waals surface area contributed by atoms with Gasteiger partial charge in [0.25, 0.3) is 0 Å². The van der Waals surface area contributed by atoms with E-state index in [1.54, 1.807) is 11.3 Å². The van der Waals surface area contributed by atoms with Crippen LogP contribution in [0.25, 0.3) is 0 Å². The monoisotopic (exact) mass is 500 g/mol. The molecule has 0 amide bonds. The van der Waals surface area contributed by atoms with Gasteiger partial charge in [0.05, 0.1) is 6.54 Å². The molecule has 3 rings (SSSR count). The van der Waals surface area contributed by atoms with E-state index in [0.29, 0.717) is 6.54 Å². The molecule has 0 bridgehead atoms. The van der Waals surface area contributed by atoms with Crippen molar-refractivity contribution in [2.24, 2.45) is 4.99 Å². The van der Waals surface area contributed by atoms with Gasteiger partial charge in [0.15, 0.2) is 5.96 Å². The summed E-state index contributed by atoms with van der Waals surface area (Å²) in [5, 5.41) is 4.50. The second-order valence-corrected chi connectivity index (χ2v) is 7.56. The molecule has 2 aromatic rings. The summed E-state index contributed by atoms with van der Waals surface area (Å²) in [5.74, 6) is 1.95. The summed E-state index contributed by atoms with van der Waals surface area (Å²) in [6.45, 7) is 7.71. The van der Waals surface area contributed by atoms with Crippen LogP contribution in [0.15, 0.2) is 41.5 Å². The van der Waals surface area contributed by atoms with E-state index in [0.717, 1.165) is 55.6 Å². The van der Waals surface area contributed by atoms with Crippen LogP contribution in [0.2, 0.25) is 0 Å². The molecule has 0 saturated carbocycles. The number of aryl methyl sites for hydroxylation is 1. The van der Waals surface area contributed by atoms with Gasteiger partial charge in [-0.25, -0.2) is 9.98 Å². The number of piperidine rings is 1. The van der Waals surface area contributed by atoms with Crippen molar-refractivity contribution in [1.82, 2.24) is 15.2 Å². The number of aromatic nitrogens is 1. The number of likely N-dealkylation sites (tertiary alicyclic amines) is 1. The smallest absolute Gasteiger partial charge is 0.194 e. The lowest BCUT2D eigenvalue weighted by molar-refractivity contribution is 0.129. The van der Waals surface area contributed by atoms with Crippen LogP contribution < -0.4 is 10.1 Å². The van der Waals surface area contributed by atoms with E-state index >= 15 is 0 Å². The Morgan fingerprint density at radius 2 is 2.00 bits per heavy atom. The van der Waals surface area contributed by atoms with Gasteiger partial charge in [0.2, 0.25) is 0 Å². The summed E-state index contributed by atoms with van der Waals surface area (Å²) in [7, 11) is 0. The van der Waals surface area contributed by atoms with Crippen molar-refractivity contribution in [2.75, 3.05) is 19.6 Å². The summed E-state index contributed by atoms with van der Waals surface area (Å²) in [4.78, 5) is 12.9. The van der Waals surface area contributed by atoms with Gasteiger partial charge in [0.1, 0.15) is 16.9 Å². The Morgan fingerprint density at radius 3 is 2.63 bits per heavy atom. The number of benzene rings is 1. The molecule has 1 aliphatic rings. The normalized spacial score (nSPS) is 15.3. The zero-order valence-corrected chi connectivity index (χ0v) is 19.2. The Morgan fingerprint density at radius 1 is 1.26 bits per heavy atom. The van der Waals surface area contributed by atoms with Gasteiger partial charge in [-0.2, -0.15) is 0 Å². The molecule has 0 atom stereocenters. The average Bonchev–Trinajstić information content (AvgIpc) is 3.15. The van der Waals surface area contributed by atoms with Crippen LogP contribution in [0.5, 0.6) is 5.75 Å². The van der Waals surface area contributed by atoms with Gasteiger partial charge in [-0.3, -0.25) is 0 Å². The Balaban J connectivity index is 0.00000261. The van der Waals surface area contributed by atoms with Crippen molar-refractivity contribution in [3.05, 3.63) is 46.4 Å². The van der Waals surface area contributed by atoms with Crippen molar-refractivity contribution >= 4 is 41.3 Å². The molecule has 1 aliphatic heterocycles. The third-order valence-electron chi connectivity index (χ3n) is 4.44. The summed E-state index contributed by atoms with van der Waals surface area (Å²) in [6, 6.07) is 10.1. The summed E-state index contributed by atoms with van der Waals surface area (Å²) >= 11 is 1.76. The van der Waals surface area contributed by atoms with E-state index < -0.39 is 0 Å². The molecule has 1 fully saturated rings. The van der Waals surface area contributed by atoms with Crippen LogP contribution in [0.3, 0.4) is 0 Å². The SMILES string of the molecule is CCNC(=NCc1ncc(CC)s1)N1CCC(Oc2ccccc2)CC1.I. The van der Waals surface area contributed by atoms with Gasteiger partial charge >= 0.3 is 0 Å². The number of halogens is 1. The first kappa shape index (κ1) is 21.9. The lowest BCUT2D eigenvalue weighted by atomic mass is 10.1. The molecule has 148 valence electrons. The lowest BCUT2D eigenvalue weighted by Gasteiger charge is -2.34. The number of nitrogens with one attached hydrogen (secondary N) is 1. The Bertz CT molecular complexity index is 699. The van der Waals surface area contributed by atoms with Crippen LogP contribution in [0.4, 0.5) is 0 Å². The van der Waals surface area contributed by atoms with Crippen molar-refractivity contribution in [3.8, 4) is 5.75 Å². The molecule has 0 radical (unpaired) electrons. The van der Waals surface area contributed by atoms with E-state index in [-0.39, 0.29) is 30.1 Å². The summed E-state index contributed by atoms with van der Waals surface area (Å²) in [5.41, 5.74) is 0. The molecule has 5 nitrogen and oxygen atoms in total. The first-order valence-electron chi connectivity index (χ1n) is 9.47. The van der Waals surface area contributed by atoms with Gasteiger partial charge in [-0.05, 0) is 25.5 Å². The van der Waals surface area contributed by atoms with Crippen LogP contribution in [0.1, 0.15) is 36.6 Å². The van der Waals surface area contributed by atoms with E-state index in [4.69, 9.17) is 9.73 Å². The van der Waals surface area contributed by atoms with E-state index in [9.17, 15) is 0 Å². The molecular weight excluding hydrogens is 471 g/mol. The Labute approximate surface area is 183 Å². The highest BCUT2D eigenvalue weighted by Crippen LogP contribution is 2.19. The highest BCUT2D eigenvalue weighted by atomic mass is 127. The van der Waals surface area contributed by atoms with Crippen LogP contribution in [-0.4, -0.2) is 41.6 Å². The molecular formula is C20H29IN4OS. The topological polar surface area (TPSA) is 49.8 Å². The number of rotatable bonds is 6. The number of guanidine groups is 1. The van der Waals surface area contributed by atoms with E-state index in [1.807, 2.05) is 36.5 Å². The fourth-order valence-electron chi connectivity index (χ4n) is 3.03. The van der Waals surface area contributed by atoms with Gasteiger partial charge in [-0.1, -0.05) is 25.1 Å². The largest absolute Gasteiger partial charge is 0.490 e. The number of para-hydroxylation sites is 1. The summed E-state index contributed by atoms with van der Waals surface area (Å²) < 4.78 is 6.09. The minimum Gasteiger partial charge on any atom is -0.490 e. The minimum absolute atomic E-state index is 0. The third-order valence-corrected chi connectivity index (χ3v) is 5.56. The van der Waals surface area contributed by atoms with Crippen LogP contribution in [0, 0.1) is 0 Å². The zero-order valence-electron chi connectivity index (χ0n) is 16.1. The lowest BCUT2D eigenvalue weighted by Crippen LogP contribution is -2.47. The van der Waals surface area contributed by atoms with Crippen molar-refractivity contribution in [2.45, 2.75) is 45.8 Å². The highest BCUT2D eigenvalue weighted by Gasteiger charge is 2.22. The zero-order chi connectivity index (χ0) is 18.2. The molecule has 7 heteroatoms. The summed E-state index contributed by atoms with van der Waals surface area (Å²) in [6.07, 6.45) is 5.31. The molecule has 2 heterocycles. The molecule has 1 aromatic heterocycles. The highest BCUT2D eigenvalue weighted by molar-refractivity contribution is 14.0. The number of hydrogen-bond acceptors (Lipinski definition) is 4. The molecule has 0 spiro atoms. The fourth-order valence-corrected chi connectivity index (χ4v) is 3.82. The predicted molar refractivity (Wildman–Crippen MR) is 123 cm³/mol. The maximum atomic E-state index is 6.09. The molecule has 0 aliphatic carbocycles. The van der Waals surface area contributed by atoms with Crippen LogP contribution >= 0.6 is 35.3 Å². The maximum absolute atomic E-state index is 6.09. The Kier molecular flexibility index (Phi) is 9.33. The number of aliphatic imine (C=N–C) groups is 1. The molecule has 27 heavy (non-hydrogen) atoms. The quantitative estimate of drug-likeness (QED) is 0.365. The van der Waals surface area contributed by atoms with E-state index in [1.165, 1.54) is 4.88 Å². The van der Waals surface area contributed by atoms with Crippen LogP contribution in [-0.2, 0) is 13.0 Å². The number of thiazole rings is 1.